The van der Waals surface area contributed by atoms with Gasteiger partial charge in [0.1, 0.15) is 17.1 Å². The number of carbonyl (C=O) groups is 1. The number of hydrogen-bond acceptors (Lipinski definition) is 5. The highest BCUT2D eigenvalue weighted by Crippen LogP contribution is 2.44. The normalized spacial score (nSPS) is 21.0. The third-order valence-corrected chi connectivity index (χ3v) is 6.91. The van der Waals surface area contributed by atoms with Crippen molar-refractivity contribution in [2.75, 3.05) is 17.3 Å². The molecule has 0 bridgehead atoms. The Balaban J connectivity index is 1.45. The Morgan fingerprint density at radius 1 is 1.11 bits per heavy atom. The number of hydrogen-bond donors (Lipinski definition) is 1. The van der Waals surface area contributed by atoms with Crippen molar-refractivity contribution in [1.29, 1.82) is 0 Å². The van der Waals surface area contributed by atoms with Gasteiger partial charge in [-0.05, 0) is 43.0 Å². The van der Waals surface area contributed by atoms with Gasteiger partial charge < -0.3 is 14.8 Å². The largest absolute Gasteiger partial charge is 0.433 e. The van der Waals surface area contributed by atoms with Crippen LogP contribution in [0.1, 0.15) is 40.9 Å². The molecule has 180 valence electrons. The van der Waals surface area contributed by atoms with Gasteiger partial charge in [0.25, 0.3) is 5.91 Å². The summed E-state index contributed by atoms with van der Waals surface area (Å²) in [6, 6.07) is 12.3. The number of halogens is 3. The van der Waals surface area contributed by atoms with Crippen LogP contribution in [0.15, 0.2) is 59.9 Å². The van der Waals surface area contributed by atoms with Gasteiger partial charge in [-0.25, -0.2) is 4.99 Å². The summed E-state index contributed by atoms with van der Waals surface area (Å²) >= 11 is 0. The molecule has 1 aliphatic carbocycles. The van der Waals surface area contributed by atoms with Crippen LogP contribution in [0.5, 0.6) is 0 Å². The van der Waals surface area contributed by atoms with Crippen LogP contribution in [0.2, 0.25) is 0 Å². The Labute approximate surface area is 199 Å². The molecule has 1 aromatic carbocycles. The first-order chi connectivity index (χ1) is 16.8. The summed E-state index contributed by atoms with van der Waals surface area (Å²) < 4.78 is 40.8. The van der Waals surface area contributed by atoms with Crippen molar-refractivity contribution in [3.05, 3.63) is 71.7 Å². The Morgan fingerprint density at radius 2 is 1.91 bits per heavy atom. The first-order valence-electron chi connectivity index (χ1n) is 11.5. The molecule has 2 aromatic heterocycles. The Bertz CT molecular complexity index is 1320. The average molecular weight is 480 g/mol. The zero-order valence-electron chi connectivity index (χ0n) is 19.0. The monoisotopic (exact) mass is 480 g/mol. The molecule has 6 rings (SSSR count). The maximum absolute atomic E-state index is 13.5. The minimum Gasteiger partial charge on any atom is -0.341 e. The number of amides is 1. The van der Waals surface area contributed by atoms with E-state index in [4.69, 9.17) is 4.99 Å². The molecule has 0 radical (unpaired) electrons. The molecule has 2 atom stereocenters. The molecule has 1 fully saturated rings. The van der Waals surface area contributed by atoms with Gasteiger partial charge in [0, 0.05) is 25.1 Å². The topological polar surface area (TPSA) is 65.8 Å². The number of anilines is 3. The minimum absolute atomic E-state index is 0.166. The number of rotatable bonds is 4. The van der Waals surface area contributed by atoms with Gasteiger partial charge >= 0.3 is 6.18 Å². The number of nitrogens with zero attached hydrogens (tertiary/aromatic N) is 5. The quantitative estimate of drug-likeness (QED) is 0.578. The summed E-state index contributed by atoms with van der Waals surface area (Å²) in [6.07, 6.45) is 1.72. The van der Waals surface area contributed by atoms with E-state index in [2.05, 4.69) is 15.2 Å². The molecule has 3 aromatic rings. The summed E-state index contributed by atoms with van der Waals surface area (Å²) in [5, 5.41) is 3.38. The van der Waals surface area contributed by atoms with Gasteiger partial charge in [-0.1, -0.05) is 24.3 Å². The minimum atomic E-state index is -4.49. The van der Waals surface area contributed by atoms with E-state index in [9.17, 15) is 18.0 Å². The van der Waals surface area contributed by atoms with Gasteiger partial charge in [-0.3, -0.25) is 14.7 Å². The van der Waals surface area contributed by atoms with Gasteiger partial charge in [-0.2, -0.15) is 13.2 Å². The zero-order chi connectivity index (χ0) is 24.3. The summed E-state index contributed by atoms with van der Waals surface area (Å²) in [4.78, 5) is 25.7. The second-order valence-corrected chi connectivity index (χ2v) is 9.14. The summed E-state index contributed by atoms with van der Waals surface area (Å²) in [5.74, 6) is 1.08. The molecular weight excluding hydrogens is 457 g/mol. The van der Waals surface area contributed by atoms with Crippen molar-refractivity contribution in [2.24, 2.45) is 4.99 Å². The van der Waals surface area contributed by atoms with Crippen LogP contribution < -0.4 is 10.2 Å². The molecule has 0 saturated heterocycles. The Morgan fingerprint density at radius 3 is 2.63 bits per heavy atom. The van der Waals surface area contributed by atoms with E-state index in [0.717, 1.165) is 36.7 Å². The van der Waals surface area contributed by atoms with Crippen LogP contribution in [0.25, 0.3) is 0 Å². The van der Waals surface area contributed by atoms with Gasteiger partial charge in [0.15, 0.2) is 0 Å². The molecule has 1 saturated carbocycles. The maximum atomic E-state index is 13.5. The first-order valence-corrected chi connectivity index (χ1v) is 11.5. The number of aromatic nitrogens is 2. The van der Waals surface area contributed by atoms with Crippen molar-refractivity contribution in [1.82, 2.24) is 14.5 Å². The van der Waals surface area contributed by atoms with Gasteiger partial charge in [-0.15, -0.1) is 0 Å². The second kappa shape index (κ2) is 7.86. The SMILES string of the molecule is CN1C(=O)c2c(cn(Cc3ccc(C(F)(F)F)nc3)c2Nc2ccccc2)N2C1=NC1CCCC12. The van der Waals surface area contributed by atoms with Crippen molar-refractivity contribution in [3.8, 4) is 0 Å². The van der Waals surface area contributed by atoms with Crippen LogP contribution >= 0.6 is 0 Å². The number of para-hydroxylation sites is 1. The lowest BCUT2D eigenvalue weighted by Crippen LogP contribution is -2.51. The molecule has 2 unspecified atom stereocenters. The highest BCUT2D eigenvalue weighted by atomic mass is 19.4. The molecular formula is C25H23F3N6O. The number of aliphatic imine (C=N–C) groups is 1. The molecule has 1 N–H and O–H groups in total. The molecule has 1 amide bonds. The number of nitrogens with one attached hydrogen (secondary N) is 1. The second-order valence-electron chi connectivity index (χ2n) is 9.14. The molecule has 4 heterocycles. The fraction of sp³-hybridized carbons (Fsp3) is 0.320. The summed E-state index contributed by atoms with van der Waals surface area (Å²) in [5.41, 5.74) is 1.77. The Kier molecular flexibility index (Phi) is 4.87. The fourth-order valence-corrected chi connectivity index (χ4v) is 5.26. The van der Waals surface area contributed by atoms with Gasteiger partial charge in [0.2, 0.25) is 5.96 Å². The fourth-order valence-electron chi connectivity index (χ4n) is 5.26. The van der Waals surface area contributed by atoms with E-state index >= 15 is 0 Å². The molecule has 0 spiro atoms. The summed E-state index contributed by atoms with van der Waals surface area (Å²) in [6.45, 7) is 0.249. The van der Waals surface area contributed by atoms with Gasteiger partial charge in [0.05, 0.1) is 24.3 Å². The van der Waals surface area contributed by atoms with E-state index < -0.39 is 11.9 Å². The predicted octanol–water partition coefficient (Wildman–Crippen LogP) is 4.88. The lowest BCUT2D eigenvalue weighted by atomic mass is 10.1. The van der Waals surface area contributed by atoms with E-state index in [1.54, 1.807) is 11.9 Å². The number of fused-ring (bicyclic) bond motifs is 5. The van der Waals surface area contributed by atoms with E-state index in [1.165, 1.54) is 12.3 Å². The van der Waals surface area contributed by atoms with Crippen LogP contribution in [-0.4, -0.2) is 45.4 Å². The highest BCUT2D eigenvalue weighted by Gasteiger charge is 2.48. The first kappa shape index (κ1) is 21.7. The number of benzene rings is 1. The van der Waals surface area contributed by atoms with E-state index in [-0.39, 0.29) is 24.5 Å². The third kappa shape index (κ3) is 3.55. The maximum Gasteiger partial charge on any atom is 0.433 e. The number of pyridine rings is 1. The zero-order valence-corrected chi connectivity index (χ0v) is 19.0. The molecule has 35 heavy (non-hydrogen) atoms. The Hall–Kier alpha value is -3.82. The highest BCUT2D eigenvalue weighted by molar-refractivity contribution is 6.22. The van der Waals surface area contributed by atoms with Crippen molar-refractivity contribution in [3.63, 3.8) is 0 Å². The van der Waals surface area contributed by atoms with Crippen molar-refractivity contribution in [2.45, 2.75) is 44.1 Å². The molecule has 10 heteroatoms. The molecule has 2 aliphatic heterocycles. The predicted molar refractivity (Wildman–Crippen MR) is 126 cm³/mol. The van der Waals surface area contributed by atoms with E-state index in [1.807, 2.05) is 41.1 Å². The van der Waals surface area contributed by atoms with Crippen LogP contribution in [0, 0.1) is 0 Å². The van der Waals surface area contributed by atoms with Crippen molar-refractivity contribution >= 4 is 29.1 Å². The van der Waals surface area contributed by atoms with Crippen LogP contribution in [0.3, 0.4) is 0 Å². The third-order valence-electron chi connectivity index (χ3n) is 6.91. The number of carbonyl (C=O) groups excluding carboxylic acids is 1. The van der Waals surface area contributed by atoms with E-state index in [0.29, 0.717) is 22.9 Å². The standard InChI is InChI=1S/C25H23F3N6O/c1-32-23(35)21-19(34-18-9-5-8-17(18)31-24(32)34)14-33(22(21)30-16-6-3-2-4-7-16)13-15-10-11-20(29-12-15)25(26,27)28/h2-4,6-7,10-12,14,17-18,30H,5,8-9,13H2,1H3. The van der Waals surface area contributed by atoms with Crippen molar-refractivity contribution < 1.29 is 18.0 Å². The van der Waals surface area contributed by atoms with Crippen LogP contribution in [-0.2, 0) is 12.7 Å². The van der Waals surface area contributed by atoms with Crippen LogP contribution in [0.4, 0.5) is 30.4 Å². The number of guanidine groups is 1. The smallest absolute Gasteiger partial charge is 0.341 e. The molecule has 3 aliphatic rings. The molecule has 7 nitrogen and oxygen atoms in total. The lowest BCUT2D eigenvalue weighted by molar-refractivity contribution is -0.141. The average Bonchev–Trinajstić information content (AvgIpc) is 3.52. The number of alkyl halides is 3. The lowest BCUT2D eigenvalue weighted by Gasteiger charge is -2.35. The summed E-state index contributed by atoms with van der Waals surface area (Å²) in [7, 11) is 1.74.